The highest BCUT2D eigenvalue weighted by atomic mass is 16.2. The predicted octanol–water partition coefficient (Wildman–Crippen LogP) is 3.25. The molecule has 2 heterocycles. The number of likely N-dealkylation sites (tertiary alicyclic amines) is 1. The van der Waals surface area contributed by atoms with Gasteiger partial charge in [0.2, 0.25) is 5.91 Å². The summed E-state index contributed by atoms with van der Waals surface area (Å²) in [7, 11) is 0. The van der Waals surface area contributed by atoms with Gasteiger partial charge in [-0.3, -0.25) is 14.7 Å². The first kappa shape index (κ1) is 18.9. The zero-order valence-electron chi connectivity index (χ0n) is 16.2. The number of benzene rings is 2. The van der Waals surface area contributed by atoms with Gasteiger partial charge in [0.25, 0.3) is 5.91 Å². The van der Waals surface area contributed by atoms with Gasteiger partial charge in [0.1, 0.15) is 5.69 Å². The summed E-state index contributed by atoms with van der Waals surface area (Å²) in [6, 6.07) is 21.4. The molecular weight excluding hydrogens is 364 g/mol. The second-order valence-corrected chi connectivity index (χ2v) is 7.30. The minimum atomic E-state index is -0.0668. The summed E-state index contributed by atoms with van der Waals surface area (Å²) in [6.45, 7) is 1.68. The van der Waals surface area contributed by atoms with Crippen molar-refractivity contribution in [3.63, 3.8) is 0 Å². The van der Waals surface area contributed by atoms with Crippen molar-refractivity contribution in [2.24, 2.45) is 5.92 Å². The molecule has 0 unspecified atom stereocenters. The van der Waals surface area contributed by atoms with Crippen LogP contribution in [0.1, 0.15) is 28.9 Å². The molecule has 148 valence electrons. The van der Waals surface area contributed by atoms with Crippen molar-refractivity contribution in [2.45, 2.75) is 19.4 Å². The normalized spacial score (nSPS) is 14.6. The van der Waals surface area contributed by atoms with Crippen molar-refractivity contribution in [1.29, 1.82) is 0 Å². The fourth-order valence-electron chi connectivity index (χ4n) is 3.63. The molecule has 1 aromatic heterocycles. The molecule has 29 heavy (non-hydrogen) atoms. The molecular formula is C23H24N4O2. The SMILES string of the molecule is O=C(NCc1ccccc1)C1CCN(C(=O)c2cc(-c3ccccc3)n[nH]2)CC1. The van der Waals surface area contributed by atoms with Crippen LogP contribution in [0, 0.1) is 5.92 Å². The maximum atomic E-state index is 12.8. The molecule has 1 aliphatic rings. The summed E-state index contributed by atoms with van der Waals surface area (Å²) in [5.41, 5.74) is 3.29. The minimum Gasteiger partial charge on any atom is -0.352 e. The molecule has 4 rings (SSSR count). The molecule has 1 fully saturated rings. The molecule has 0 atom stereocenters. The van der Waals surface area contributed by atoms with Crippen molar-refractivity contribution in [3.05, 3.63) is 78.0 Å². The Kier molecular flexibility index (Phi) is 5.70. The van der Waals surface area contributed by atoms with Crippen molar-refractivity contribution < 1.29 is 9.59 Å². The van der Waals surface area contributed by atoms with Crippen LogP contribution in [0.25, 0.3) is 11.3 Å². The van der Waals surface area contributed by atoms with Crippen LogP contribution in [0.5, 0.6) is 0 Å². The van der Waals surface area contributed by atoms with Gasteiger partial charge in [-0.05, 0) is 24.5 Å². The number of nitrogens with zero attached hydrogens (tertiary/aromatic N) is 2. The van der Waals surface area contributed by atoms with E-state index in [1.54, 1.807) is 11.0 Å². The quantitative estimate of drug-likeness (QED) is 0.704. The largest absolute Gasteiger partial charge is 0.352 e. The van der Waals surface area contributed by atoms with Gasteiger partial charge in [-0.2, -0.15) is 5.10 Å². The fraction of sp³-hybridized carbons (Fsp3) is 0.261. The van der Waals surface area contributed by atoms with E-state index in [1.807, 2.05) is 60.7 Å². The Hall–Kier alpha value is -3.41. The number of aromatic amines is 1. The number of carbonyl (C=O) groups is 2. The number of aromatic nitrogens is 2. The van der Waals surface area contributed by atoms with Gasteiger partial charge >= 0.3 is 0 Å². The first-order chi connectivity index (χ1) is 14.2. The topological polar surface area (TPSA) is 78.1 Å². The summed E-state index contributed by atoms with van der Waals surface area (Å²) >= 11 is 0. The van der Waals surface area contributed by atoms with Crippen molar-refractivity contribution in [2.75, 3.05) is 13.1 Å². The zero-order chi connectivity index (χ0) is 20.1. The van der Waals surface area contributed by atoms with Crippen LogP contribution in [0.4, 0.5) is 0 Å². The van der Waals surface area contributed by atoms with Crippen LogP contribution in [0.3, 0.4) is 0 Å². The zero-order valence-corrected chi connectivity index (χ0v) is 16.2. The number of hydrogen-bond donors (Lipinski definition) is 2. The molecule has 0 bridgehead atoms. The molecule has 6 heteroatoms. The van der Waals surface area contributed by atoms with E-state index >= 15 is 0 Å². The standard InChI is InChI=1S/C23H24N4O2/c28-22(24-16-17-7-3-1-4-8-17)19-11-13-27(14-12-19)23(29)21-15-20(25-26-21)18-9-5-2-6-10-18/h1-10,15,19H,11-14,16H2,(H,24,28)(H,25,26). The second-order valence-electron chi connectivity index (χ2n) is 7.30. The monoisotopic (exact) mass is 388 g/mol. The first-order valence-corrected chi connectivity index (χ1v) is 9.92. The van der Waals surface area contributed by atoms with Crippen LogP contribution in [-0.2, 0) is 11.3 Å². The maximum Gasteiger partial charge on any atom is 0.271 e. The van der Waals surface area contributed by atoms with E-state index in [-0.39, 0.29) is 17.7 Å². The maximum absolute atomic E-state index is 12.8. The summed E-state index contributed by atoms with van der Waals surface area (Å²) in [4.78, 5) is 27.0. The smallest absolute Gasteiger partial charge is 0.271 e. The number of H-pyrrole nitrogens is 1. The Morgan fingerprint density at radius 2 is 1.66 bits per heavy atom. The van der Waals surface area contributed by atoms with E-state index in [2.05, 4.69) is 15.5 Å². The second kappa shape index (κ2) is 8.73. The van der Waals surface area contributed by atoms with E-state index < -0.39 is 0 Å². The summed E-state index contributed by atoms with van der Waals surface area (Å²) in [5, 5.41) is 10.1. The lowest BCUT2D eigenvalue weighted by molar-refractivity contribution is -0.126. The van der Waals surface area contributed by atoms with Crippen LogP contribution < -0.4 is 5.32 Å². The highest BCUT2D eigenvalue weighted by Gasteiger charge is 2.28. The van der Waals surface area contributed by atoms with Gasteiger partial charge in [-0.15, -0.1) is 0 Å². The van der Waals surface area contributed by atoms with Crippen molar-refractivity contribution >= 4 is 11.8 Å². The predicted molar refractivity (Wildman–Crippen MR) is 111 cm³/mol. The van der Waals surface area contributed by atoms with E-state index in [0.29, 0.717) is 38.2 Å². The minimum absolute atomic E-state index is 0.0515. The van der Waals surface area contributed by atoms with Gasteiger partial charge in [0.05, 0.1) is 5.69 Å². The van der Waals surface area contributed by atoms with Gasteiger partial charge in [-0.1, -0.05) is 60.7 Å². The van der Waals surface area contributed by atoms with Gasteiger partial charge in [0.15, 0.2) is 0 Å². The molecule has 3 aromatic rings. The lowest BCUT2D eigenvalue weighted by atomic mass is 9.95. The van der Waals surface area contributed by atoms with Crippen LogP contribution in [-0.4, -0.2) is 40.0 Å². The van der Waals surface area contributed by atoms with Gasteiger partial charge in [-0.25, -0.2) is 0 Å². The fourth-order valence-corrected chi connectivity index (χ4v) is 3.63. The lowest BCUT2D eigenvalue weighted by Gasteiger charge is -2.31. The Morgan fingerprint density at radius 3 is 2.34 bits per heavy atom. The molecule has 0 saturated carbocycles. The highest BCUT2D eigenvalue weighted by molar-refractivity contribution is 5.93. The van der Waals surface area contributed by atoms with Crippen molar-refractivity contribution in [3.8, 4) is 11.3 Å². The molecule has 0 aliphatic carbocycles. The van der Waals surface area contributed by atoms with E-state index in [1.165, 1.54) is 0 Å². The number of hydrogen-bond acceptors (Lipinski definition) is 3. The Morgan fingerprint density at radius 1 is 1.00 bits per heavy atom. The van der Waals surface area contributed by atoms with Crippen LogP contribution in [0.2, 0.25) is 0 Å². The third kappa shape index (κ3) is 4.54. The molecule has 0 spiro atoms. The number of carbonyl (C=O) groups excluding carboxylic acids is 2. The molecule has 1 aliphatic heterocycles. The molecule has 2 N–H and O–H groups in total. The Balaban J connectivity index is 1.29. The average molecular weight is 388 g/mol. The highest BCUT2D eigenvalue weighted by Crippen LogP contribution is 2.21. The molecule has 2 aromatic carbocycles. The number of rotatable bonds is 5. The van der Waals surface area contributed by atoms with Gasteiger partial charge in [0, 0.05) is 31.1 Å². The van der Waals surface area contributed by atoms with Gasteiger partial charge < -0.3 is 10.2 Å². The third-order valence-corrected chi connectivity index (χ3v) is 5.34. The first-order valence-electron chi connectivity index (χ1n) is 9.92. The molecule has 6 nitrogen and oxygen atoms in total. The average Bonchev–Trinajstić information content (AvgIpc) is 3.29. The van der Waals surface area contributed by atoms with E-state index in [9.17, 15) is 9.59 Å². The number of amides is 2. The Bertz CT molecular complexity index is 961. The van der Waals surface area contributed by atoms with Crippen LogP contribution >= 0.6 is 0 Å². The van der Waals surface area contributed by atoms with Crippen LogP contribution in [0.15, 0.2) is 66.7 Å². The summed E-state index contributed by atoms with van der Waals surface area (Å²) in [6.07, 6.45) is 1.35. The molecule has 1 saturated heterocycles. The lowest BCUT2D eigenvalue weighted by Crippen LogP contribution is -2.43. The molecule has 2 amide bonds. The number of piperidine rings is 1. The van der Waals surface area contributed by atoms with Crippen molar-refractivity contribution in [1.82, 2.24) is 20.4 Å². The van der Waals surface area contributed by atoms with E-state index in [0.717, 1.165) is 16.8 Å². The summed E-state index contributed by atoms with van der Waals surface area (Å²) in [5.74, 6) is -0.0545. The summed E-state index contributed by atoms with van der Waals surface area (Å²) < 4.78 is 0. The molecule has 0 radical (unpaired) electrons. The van der Waals surface area contributed by atoms with E-state index in [4.69, 9.17) is 0 Å². The third-order valence-electron chi connectivity index (χ3n) is 5.34. The number of nitrogens with one attached hydrogen (secondary N) is 2. The Labute approximate surface area is 169 Å².